The summed E-state index contributed by atoms with van der Waals surface area (Å²) in [5, 5.41) is 48.0. The first-order valence-corrected chi connectivity index (χ1v) is 20.9. The molecule has 17 N–H and O–H groups in total. The minimum atomic E-state index is -5.11. The van der Waals surface area contributed by atoms with Gasteiger partial charge in [-0.1, -0.05) is 0 Å². The molecular formula is C33H53N10O17P. The molecule has 1 saturated carbocycles. The van der Waals surface area contributed by atoms with E-state index < -0.39 is 141 Å². The molecule has 28 heteroatoms. The van der Waals surface area contributed by atoms with Crippen LogP contribution in [0.3, 0.4) is 0 Å². The van der Waals surface area contributed by atoms with Gasteiger partial charge in [-0.15, -0.1) is 0 Å². The van der Waals surface area contributed by atoms with E-state index in [2.05, 4.69) is 20.6 Å². The minimum Gasteiger partial charge on any atom is -0.390 e. The van der Waals surface area contributed by atoms with E-state index in [4.69, 9.17) is 50.9 Å². The Morgan fingerprint density at radius 3 is 2.33 bits per heavy atom. The van der Waals surface area contributed by atoms with E-state index in [1.807, 2.05) is 0 Å². The van der Waals surface area contributed by atoms with Gasteiger partial charge in [-0.3, -0.25) is 42.5 Å². The third kappa shape index (κ3) is 10.6. The van der Waals surface area contributed by atoms with Crippen molar-refractivity contribution < 1.29 is 62.7 Å². The quantitative estimate of drug-likeness (QED) is 0.0583. The molecule has 4 fully saturated rings. The van der Waals surface area contributed by atoms with Crippen LogP contribution in [0.15, 0.2) is 37.6 Å². The van der Waals surface area contributed by atoms with Gasteiger partial charge < -0.3 is 77.8 Å². The van der Waals surface area contributed by atoms with Gasteiger partial charge >= 0.3 is 19.2 Å². The number of carbonyl (C=O) groups excluding carboxylic acids is 1. The summed E-state index contributed by atoms with van der Waals surface area (Å²) in [7, 11) is -5.11. The van der Waals surface area contributed by atoms with Crippen LogP contribution in [0.2, 0.25) is 0 Å². The second-order valence-electron chi connectivity index (χ2n) is 15.3. The lowest BCUT2D eigenvalue weighted by atomic mass is 9.82. The minimum absolute atomic E-state index is 0.0603. The second kappa shape index (κ2) is 19.4. The third-order valence-corrected chi connectivity index (χ3v) is 12.0. The summed E-state index contributed by atoms with van der Waals surface area (Å²) in [4.78, 5) is 77.0. The monoisotopic (exact) mass is 892 g/mol. The molecule has 3 saturated heterocycles. The average Bonchev–Trinajstić information content (AvgIpc) is 3.79. The first kappa shape index (κ1) is 46.9. The van der Waals surface area contributed by atoms with Crippen molar-refractivity contribution in [1.82, 2.24) is 29.7 Å². The number of ether oxygens (including phenoxy) is 4. The Morgan fingerprint density at radius 2 is 1.62 bits per heavy atom. The van der Waals surface area contributed by atoms with Crippen molar-refractivity contribution >= 4 is 13.7 Å². The topological polar surface area (TPSA) is 429 Å². The molecule has 1 amide bonds. The van der Waals surface area contributed by atoms with Crippen LogP contribution in [0, 0.1) is 6.92 Å². The first-order chi connectivity index (χ1) is 28.8. The number of carbonyl (C=O) groups is 1. The number of rotatable bonds is 15. The molecule has 1 unspecified atom stereocenters. The van der Waals surface area contributed by atoms with Gasteiger partial charge in [0.25, 0.3) is 17.0 Å². The van der Waals surface area contributed by atoms with E-state index in [1.165, 1.54) is 13.1 Å². The zero-order valence-electron chi connectivity index (χ0n) is 32.7. The van der Waals surface area contributed by atoms with E-state index in [0.29, 0.717) is 0 Å². The number of hydrogen-bond acceptors (Lipinski definition) is 21. The van der Waals surface area contributed by atoms with E-state index in [1.54, 1.807) is 0 Å². The largest absolute Gasteiger partial charge is 0.472 e. The summed E-state index contributed by atoms with van der Waals surface area (Å²) < 4.78 is 49.1. The molecule has 27 nitrogen and oxygen atoms in total. The number of hydrogen-bond donors (Lipinski definition) is 13. The Bertz CT molecular complexity index is 2140. The number of amides is 1. The van der Waals surface area contributed by atoms with Crippen LogP contribution in [0.1, 0.15) is 37.3 Å². The Hall–Kier alpha value is -3.58. The van der Waals surface area contributed by atoms with Gasteiger partial charge in [0.05, 0.1) is 37.0 Å². The fraction of sp³-hybridized carbons (Fsp3) is 0.727. The van der Waals surface area contributed by atoms with E-state index in [0.717, 1.165) is 21.4 Å². The summed E-state index contributed by atoms with van der Waals surface area (Å²) in [6.45, 7) is 0.345. The van der Waals surface area contributed by atoms with Crippen LogP contribution in [-0.4, -0.2) is 162 Å². The molecule has 0 spiro atoms. The number of nitrogens with zero attached hydrogens (tertiary/aromatic N) is 2. The number of nitrogens with two attached hydrogens (primary N) is 4. The predicted octanol–water partition coefficient (Wildman–Crippen LogP) is -7.56. The fourth-order valence-corrected chi connectivity index (χ4v) is 8.62. The van der Waals surface area contributed by atoms with Gasteiger partial charge in [-0.2, -0.15) is 0 Å². The number of aliphatic hydroxyl groups is 4. The van der Waals surface area contributed by atoms with Gasteiger partial charge in [0.15, 0.2) is 12.4 Å². The SMILES string of the molecule is Cc1cn([C@H]2C[C@H](O)[C@@H](COP(=O)(O)O[C@H]3C[C@H](n4ccc(=O)[nH]c4=O)O[C@@H]3C(=O)NCCN[C@H]3[C@@H](O)[C@H](N)C[C@H](N)[C@H]3O[C@H]3O[C@H](CN)[C@@H](O)[C@H](O)[C@H]3N)O2)c(=O)[nH]c1=O. The third-order valence-electron chi connectivity index (χ3n) is 11.0. The van der Waals surface area contributed by atoms with Crippen LogP contribution in [0.4, 0.5) is 0 Å². The van der Waals surface area contributed by atoms with E-state index >= 15 is 0 Å². The van der Waals surface area contributed by atoms with Gasteiger partial charge in [0.2, 0.25) is 0 Å². The molecule has 61 heavy (non-hydrogen) atoms. The van der Waals surface area contributed by atoms with Crippen LogP contribution >= 0.6 is 7.82 Å². The lowest BCUT2D eigenvalue weighted by Gasteiger charge is -2.47. The number of aromatic amines is 2. The second-order valence-corrected chi connectivity index (χ2v) is 16.8. The molecule has 3 aliphatic heterocycles. The normalized spacial score (nSPS) is 37.7. The highest BCUT2D eigenvalue weighted by atomic mass is 31.2. The molecule has 5 heterocycles. The molecule has 342 valence electrons. The van der Waals surface area contributed by atoms with Gasteiger partial charge in [0.1, 0.15) is 43.0 Å². The summed E-state index contributed by atoms with van der Waals surface area (Å²) in [6, 6.07) is -2.73. The number of aromatic nitrogens is 4. The molecule has 1 aliphatic carbocycles. The van der Waals surface area contributed by atoms with Crippen molar-refractivity contribution in [2.75, 3.05) is 26.2 Å². The van der Waals surface area contributed by atoms with Crippen LogP contribution in [0.5, 0.6) is 0 Å². The number of aliphatic hydroxyl groups excluding tert-OH is 4. The van der Waals surface area contributed by atoms with Crippen LogP contribution < -0.4 is 56.1 Å². The molecular weight excluding hydrogens is 839 g/mol. The van der Waals surface area contributed by atoms with Crippen molar-refractivity contribution in [3.8, 4) is 0 Å². The summed E-state index contributed by atoms with van der Waals surface area (Å²) in [6.07, 6.45) is -13.5. The first-order valence-electron chi connectivity index (χ1n) is 19.4. The fourth-order valence-electron chi connectivity index (χ4n) is 7.69. The standard InChI is InChI=1S/C33H53N10O17P/c1-12-10-43(33(52)41-29(12)49)20-7-15(44)18(56-20)11-55-61(53,54)60-16-8-21(42-5-2-19(45)40-32(42)51)58-28(16)30(50)39-4-3-38-23-24(46)13(35)6-14(36)27(23)59-31-22(37)26(48)25(47)17(9-34)57-31/h2,5,10,13-18,20-28,31,38,44,46-48H,3-4,6-9,11,34-37H2,1H3,(H,39,50)(H,53,54)(H,40,45,51)(H,41,49,52)/t13-,14+,15+,16+,17-,18-,20-,21-,22-,23+,24+,25-,26-,27-,28+,31-/m1/s1. The van der Waals surface area contributed by atoms with Crippen molar-refractivity contribution in [1.29, 1.82) is 0 Å². The smallest absolute Gasteiger partial charge is 0.390 e. The molecule has 0 aromatic carbocycles. The van der Waals surface area contributed by atoms with Crippen molar-refractivity contribution in [3.05, 3.63) is 65.7 Å². The zero-order chi connectivity index (χ0) is 44.5. The highest BCUT2D eigenvalue weighted by Gasteiger charge is 2.49. The lowest BCUT2D eigenvalue weighted by molar-refractivity contribution is -0.279. The van der Waals surface area contributed by atoms with Gasteiger partial charge in [-0.25, -0.2) is 14.2 Å². The Balaban J connectivity index is 1.09. The lowest BCUT2D eigenvalue weighted by Crippen LogP contribution is -2.70. The molecule has 0 bridgehead atoms. The Kier molecular flexibility index (Phi) is 14.9. The predicted molar refractivity (Wildman–Crippen MR) is 205 cm³/mol. The van der Waals surface area contributed by atoms with Crippen molar-refractivity contribution in [3.63, 3.8) is 0 Å². The Labute approximate surface area is 344 Å². The number of H-pyrrole nitrogens is 2. The molecule has 2 aromatic rings. The van der Waals surface area contributed by atoms with Crippen LogP contribution in [0.25, 0.3) is 0 Å². The maximum Gasteiger partial charge on any atom is 0.472 e. The average molecular weight is 893 g/mol. The maximum atomic E-state index is 13.6. The number of phosphoric ester groups is 1. The van der Waals surface area contributed by atoms with E-state index in [9.17, 15) is 53.9 Å². The number of nitrogens with one attached hydrogen (secondary N) is 4. The molecule has 17 atom stereocenters. The van der Waals surface area contributed by atoms with Crippen molar-refractivity contribution in [2.24, 2.45) is 22.9 Å². The van der Waals surface area contributed by atoms with E-state index in [-0.39, 0.29) is 44.5 Å². The highest BCUT2D eigenvalue weighted by Crippen LogP contribution is 2.49. The van der Waals surface area contributed by atoms with Gasteiger partial charge in [-0.05, 0) is 13.3 Å². The number of phosphoric acid groups is 1. The summed E-state index contributed by atoms with van der Waals surface area (Å²) in [5.74, 6) is -0.877. The Morgan fingerprint density at radius 1 is 0.918 bits per heavy atom. The highest BCUT2D eigenvalue weighted by molar-refractivity contribution is 7.47. The molecule has 0 radical (unpaired) electrons. The summed E-state index contributed by atoms with van der Waals surface area (Å²) >= 11 is 0. The zero-order valence-corrected chi connectivity index (χ0v) is 33.6. The van der Waals surface area contributed by atoms with Crippen molar-refractivity contribution in [2.45, 2.75) is 124 Å². The summed E-state index contributed by atoms with van der Waals surface area (Å²) in [5.41, 5.74) is 21.4. The maximum absolute atomic E-state index is 13.6. The van der Waals surface area contributed by atoms with Crippen LogP contribution in [-0.2, 0) is 37.4 Å². The molecule has 2 aromatic heterocycles. The molecule has 6 rings (SSSR count). The molecule has 4 aliphatic rings. The van der Waals surface area contributed by atoms with Gasteiger partial charge in [0, 0.05) is 68.6 Å². The number of aryl methyl sites for hydroxylation is 1.